The predicted octanol–water partition coefficient (Wildman–Crippen LogP) is 2.44. The average Bonchev–Trinajstić information content (AvgIpc) is 2.27. The summed E-state index contributed by atoms with van der Waals surface area (Å²) in [5.74, 6) is 2.48. The largest absolute Gasteiger partial charge is 0.396 e. The Balaban J connectivity index is 2.25. The Morgan fingerprint density at radius 2 is 1.94 bits per heavy atom. The summed E-state index contributed by atoms with van der Waals surface area (Å²) in [5.41, 5.74) is 0.0377. The van der Waals surface area contributed by atoms with Crippen LogP contribution in [0.15, 0.2) is 0 Å². The zero-order chi connectivity index (χ0) is 11.8. The highest BCUT2D eigenvalue weighted by atomic mass is 16.3. The van der Waals surface area contributed by atoms with Gasteiger partial charge in [0.2, 0.25) is 0 Å². The molecule has 0 aromatic carbocycles. The van der Waals surface area contributed by atoms with Gasteiger partial charge in [-0.1, -0.05) is 20.3 Å². The summed E-state index contributed by atoms with van der Waals surface area (Å²) in [6.07, 6.45) is 6.01. The highest BCUT2D eigenvalue weighted by molar-refractivity contribution is 5.00. The molecule has 2 heteroatoms. The molecule has 2 aliphatic rings. The first-order chi connectivity index (χ1) is 7.65. The van der Waals surface area contributed by atoms with E-state index >= 15 is 0 Å². The van der Waals surface area contributed by atoms with Crippen LogP contribution in [-0.2, 0) is 0 Å². The van der Waals surface area contributed by atoms with Gasteiger partial charge in [-0.3, -0.25) is 0 Å². The normalized spacial score (nSPS) is 48.0. The topological polar surface area (TPSA) is 40.5 Å². The number of aliphatic hydroxyl groups excluding tert-OH is 2. The average molecular weight is 226 g/mol. The fourth-order valence-corrected chi connectivity index (χ4v) is 4.70. The van der Waals surface area contributed by atoms with E-state index in [4.69, 9.17) is 0 Å². The van der Waals surface area contributed by atoms with Gasteiger partial charge in [-0.15, -0.1) is 0 Å². The van der Waals surface area contributed by atoms with Crippen molar-refractivity contribution in [2.45, 2.75) is 46.0 Å². The molecule has 2 aliphatic carbocycles. The van der Waals surface area contributed by atoms with Crippen molar-refractivity contribution in [3.8, 4) is 0 Å². The quantitative estimate of drug-likeness (QED) is 0.776. The zero-order valence-electron chi connectivity index (χ0n) is 10.7. The first kappa shape index (κ1) is 12.4. The molecule has 2 saturated carbocycles. The van der Waals surface area contributed by atoms with Crippen molar-refractivity contribution in [2.75, 3.05) is 13.2 Å². The van der Waals surface area contributed by atoms with Gasteiger partial charge in [-0.2, -0.15) is 0 Å². The van der Waals surface area contributed by atoms with Crippen LogP contribution < -0.4 is 0 Å². The molecule has 0 spiro atoms. The highest BCUT2D eigenvalue weighted by Crippen LogP contribution is 2.56. The standard InChI is InChI=1S/C14H26O2/c1-3-12-5-11-4-10(2)6-14(7-11,9-16)13(12)8-15/h10-13,15-16H,3-9H2,1-2H3. The second kappa shape index (κ2) is 4.66. The molecule has 2 bridgehead atoms. The second-order valence-corrected chi connectivity index (χ2v) is 6.33. The number of aliphatic hydroxyl groups is 2. The van der Waals surface area contributed by atoms with E-state index < -0.39 is 0 Å². The van der Waals surface area contributed by atoms with Crippen molar-refractivity contribution in [1.29, 1.82) is 0 Å². The van der Waals surface area contributed by atoms with Gasteiger partial charge in [0, 0.05) is 13.2 Å². The molecule has 0 aromatic heterocycles. The van der Waals surface area contributed by atoms with Gasteiger partial charge in [-0.05, 0) is 54.8 Å². The molecule has 5 unspecified atom stereocenters. The maximum absolute atomic E-state index is 9.81. The lowest BCUT2D eigenvalue weighted by molar-refractivity contribution is -0.0997. The van der Waals surface area contributed by atoms with Gasteiger partial charge in [0.1, 0.15) is 0 Å². The monoisotopic (exact) mass is 226 g/mol. The molecule has 2 fully saturated rings. The van der Waals surface area contributed by atoms with Gasteiger partial charge in [0.25, 0.3) is 0 Å². The Bertz CT molecular complexity index is 237. The van der Waals surface area contributed by atoms with E-state index in [0.717, 1.165) is 31.1 Å². The third-order valence-corrected chi connectivity index (χ3v) is 5.21. The number of rotatable bonds is 3. The van der Waals surface area contributed by atoms with Crippen LogP contribution in [0, 0.1) is 29.1 Å². The van der Waals surface area contributed by atoms with Crippen LogP contribution in [0.3, 0.4) is 0 Å². The Kier molecular flexibility index (Phi) is 3.60. The summed E-state index contributed by atoms with van der Waals surface area (Å²) in [6.45, 7) is 5.06. The van der Waals surface area contributed by atoms with E-state index in [1.165, 1.54) is 12.8 Å². The molecule has 0 radical (unpaired) electrons. The Morgan fingerprint density at radius 1 is 1.19 bits per heavy atom. The Hall–Kier alpha value is -0.0800. The van der Waals surface area contributed by atoms with Crippen LogP contribution in [0.5, 0.6) is 0 Å². The van der Waals surface area contributed by atoms with E-state index in [2.05, 4.69) is 13.8 Å². The summed E-state index contributed by atoms with van der Waals surface area (Å²) >= 11 is 0. The Morgan fingerprint density at radius 3 is 2.50 bits per heavy atom. The first-order valence-corrected chi connectivity index (χ1v) is 6.87. The lowest BCUT2D eigenvalue weighted by Crippen LogP contribution is -2.50. The summed E-state index contributed by atoms with van der Waals surface area (Å²) in [4.78, 5) is 0. The van der Waals surface area contributed by atoms with Crippen LogP contribution in [0.4, 0.5) is 0 Å². The van der Waals surface area contributed by atoms with Crippen molar-refractivity contribution in [2.24, 2.45) is 29.1 Å². The van der Waals surface area contributed by atoms with E-state index in [1.807, 2.05) is 0 Å². The third kappa shape index (κ3) is 1.91. The van der Waals surface area contributed by atoms with Crippen molar-refractivity contribution < 1.29 is 10.2 Å². The van der Waals surface area contributed by atoms with E-state index in [0.29, 0.717) is 11.8 Å². The van der Waals surface area contributed by atoms with Gasteiger partial charge in [0.05, 0.1) is 0 Å². The molecule has 0 heterocycles. The summed E-state index contributed by atoms with van der Waals surface area (Å²) in [7, 11) is 0. The van der Waals surface area contributed by atoms with E-state index in [1.54, 1.807) is 0 Å². The molecule has 0 aliphatic heterocycles. The third-order valence-electron chi connectivity index (χ3n) is 5.21. The van der Waals surface area contributed by atoms with Crippen LogP contribution in [-0.4, -0.2) is 23.4 Å². The SMILES string of the molecule is CCC1CC2CC(C)CC(CO)(C2)C1CO. The number of hydrogen-bond donors (Lipinski definition) is 2. The minimum absolute atomic E-state index is 0.0377. The molecule has 2 rings (SSSR count). The smallest absolute Gasteiger partial charge is 0.0491 e. The predicted molar refractivity (Wildman–Crippen MR) is 65.0 cm³/mol. The van der Waals surface area contributed by atoms with Crippen molar-refractivity contribution in [3.05, 3.63) is 0 Å². The van der Waals surface area contributed by atoms with Gasteiger partial charge in [0.15, 0.2) is 0 Å². The number of hydrogen-bond acceptors (Lipinski definition) is 2. The van der Waals surface area contributed by atoms with Crippen LogP contribution in [0.25, 0.3) is 0 Å². The molecular weight excluding hydrogens is 200 g/mol. The lowest BCUT2D eigenvalue weighted by atomic mass is 9.51. The molecule has 5 atom stereocenters. The molecule has 94 valence electrons. The van der Waals surface area contributed by atoms with Crippen LogP contribution in [0.2, 0.25) is 0 Å². The minimum Gasteiger partial charge on any atom is -0.396 e. The van der Waals surface area contributed by atoms with Crippen LogP contribution >= 0.6 is 0 Å². The molecule has 2 N–H and O–H groups in total. The summed E-state index contributed by atoms with van der Waals surface area (Å²) < 4.78 is 0. The summed E-state index contributed by atoms with van der Waals surface area (Å²) in [6, 6.07) is 0. The summed E-state index contributed by atoms with van der Waals surface area (Å²) in [5, 5.41) is 19.5. The molecule has 0 amide bonds. The lowest BCUT2D eigenvalue weighted by Gasteiger charge is -2.54. The maximum Gasteiger partial charge on any atom is 0.0491 e. The molecule has 0 saturated heterocycles. The van der Waals surface area contributed by atoms with Gasteiger partial charge >= 0.3 is 0 Å². The van der Waals surface area contributed by atoms with E-state index in [9.17, 15) is 10.2 Å². The molecular formula is C14H26O2. The van der Waals surface area contributed by atoms with Crippen molar-refractivity contribution >= 4 is 0 Å². The highest BCUT2D eigenvalue weighted by Gasteiger charge is 2.50. The van der Waals surface area contributed by atoms with Gasteiger partial charge < -0.3 is 10.2 Å². The molecule has 16 heavy (non-hydrogen) atoms. The van der Waals surface area contributed by atoms with Gasteiger partial charge in [-0.25, -0.2) is 0 Å². The zero-order valence-corrected chi connectivity index (χ0v) is 10.7. The first-order valence-electron chi connectivity index (χ1n) is 6.87. The minimum atomic E-state index is 0.0377. The maximum atomic E-state index is 9.81. The Labute approximate surface area is 99.1 Å². The second-order valence-electron chi connectivity index (χ2n) is 6.33. The molecule has 0 aromatic rings. The number of fused-ring (bicyclic) bond motifs is 2. The van der Waals surface area contributed by atoms with Crippen molar-refractivity contribution in [3.63, 3.8) is 0 Å². The molecule has 2 nitrogen and oxygen atoms in total. The fourth-order valence-electron chi connectivity index (χ4n) is 4.70. The van der Waals surface area contributed by atoms with E-state index in [-0.39, 0.29) is 18.6 Å². The van der Waals surface area contributed by atoms with Crippen LogP contribution in [0.1, 0.15) is 46.0 Å². The van der Waals surface area contributed by atoms with Crippen molar-refractivity contribution in [1.82, 2.24) is 0 Å². The fraction of sp³-hybridized carbons (Fsp3) is 1.00.